The number of aliphatic carboxylic acids is 1. The van der Waals surface area contributed by atoms with Gasteiger partial charge in [0.15, 0.2) is 0 Å². The van der Waals surface area contributed by atoms with Crippen LogP contribution in [0.3, 0.4) is 0 Å². The SMILES string of the molecule is C.O=C(O)CCCCCCCCCCCCCCCCCCP(=O)(O)O. The zero-order valence-electron chi connectivity index (χ0n) is 15.8. The quantitative estimate of drug-likeness (QED) is 0.171. The summed E-state index contributed by atoms with van der Waals surface area (Å²) < 4.78 is 10.7. The van der Waals surface area contributed by atoms with Gasteiger partial charge < -0.3 is 14.9 Å². The Morgan fingerprint density at radius 2 is 0.846 bits per heavy atom. The van der Waals surface area contributed by atoms with Gasteiger partial charge in [0.05, 0.1) is 0 Å². The number of unbranched alkanes of at least 4 members (excludes halogenated alkanes) is 15. The maximum Gasteiger partial charge on any atom is 0.325 e. The summed E-state index contributed by atoms with van der Waals surface area (Å²) >= 11 is 0. The van der Waals surface area contributed by atoms with Gasteiger partial charge in [0.2, 0.25) is 0 Å². The fraction of sp³-hybridized carbons (Fsp3) is 0.950. The molecule has 26 heavy (non-hydrogen) atoms. The monoisotopic (exact) mass is 394 g/mol. The zero-order chi connectivity index (χ0) is 18.8. The molecule has 0 amide bonds. The highest BCUT2D eigenvalue weighted by Crippen LogP contribution is 2.35. The second-order valence-corrected chi connectivity index (χ2v) is 8.97. The first-order chi connectivity index (χ1) is 11.9. The van der Waals surface area contributed by atoms with Crippen molar-refractivity contribution in [3.8, 4) is 0 Å². The normalized spacial score (nSPS) is 11.3. The van der Waals surface area contributed by atoms with E-state index in [0.717, 1.165) is 25.7 Å². The molecule has 0 fully saturated rings. The first kappa shape index (κ1) is 27.8. The minimum atomic E-state index is -3.78. The van der Waals surface area contributed by atoms with Gasteiger partial charge in [0.1, 0.15) is 0 Å². The molecule has 0 radical (unpaired) electrons. The average Bonchev–Trinajstić information content (AvgIpc) is 2.52. The second-order valence-electron chi connectivity index (χ2n) is 7.19. The first-order valence-corrected chi connectivity index (χ1v) is 12.0. The van der Waals surface area contributed by atoms with Gasteiger partial charge in [-0.05, 0) is 12.8 Å². The smallest absolute Gasteiger partial charge is 0.325 e. The van der Waals surface area contributed by atoms with Gasteiger partial charge in [-0.15, -0.1) is 0 Å². The number of carboxylic acid groups (broad SMARTS) is 1. The molecule has 0 heterocycles. The van der Waals surface area contributed by atoms with E-state index in [2.05, 4.69) is 0 Å². The van der Waals surface area contributed by atoms with Crippen LogP contribution in [0.15, 0.2) is 0 Å². The Balaban J connectivity index is 0. The first-order valence-electron chi connectivity index (χ1n) is 10.2. The van der Waals surface area contributed by atoms with E-state index in [-0.39, 0.29) is 13.6 Å². The molecule has 0 aliphatic heterocycles. The van der Waals surface area contributed by atoms with Gasteiger partial charge in [-0.2, -0.15) is 0 Å². The Hall–Kier alpha value is -0.380. The van der Waals surface area contributed by atoms with Crippen molar-refractivity contribution < 1.29 is 24.3 Å². The van der Waals surface area contributed by atoms with Gasteiger partial charge in [0.25, 0.3) is 0 Å². The lowest BCUT2D eigenvalue weighted by Gasteiger charge is -2.04. The molecule has 0 aliphatic rings. The summed E-state index contributed by atoms with van der Waals surface area (Å²) in [6, 6.07) is 0. The molecule has 5 nitrogen and oxygen atoms in total. The highest BCUT2D eigenvalue weighted by atomic mass is 31.2. The van der Waals surface area contributed by atoms with E-state index in [1.54, 1.807) is 0 Å². The van der Waals surface area contributed by atoms with Crippen molar-refractivity contribution in [2.45, 2.75) is 117 Å². The van der Waals surface area contributed by atoms with Crippen LogP contribution in [-0.2, 0) is 9.36 Å². The van der Waals surface area contributed by atoms with Crippen LogP contribution in [0.4, 0.5) is 0 Å². The zero-order valence-corrected chi connectivity index (χ0v) is 16.7. The van der Waals surface area contributed by atoms with Crippen molar-refractivity contribution in [3.63, 3.8) is 0 Å². The van der Waals surface area contributed by atoms with Crippen LogP contribution in [-0.4, -0.2) is 27.0 Å². The Morgan fingerprint density at radius 3 is 1.12 bits per heavy atom. The molecule has 158 valence electrons. The van der Waals surface area contributed by atoms with Gasteiger partial charge in [0, 0.05) is 12.6 Å². The van der Waals surface area contributed by atoms with Crippen molar-refractivity contribution in [3.05, 3.63) is 0 Å². The molecule has 0 aromatic carbocycles. The number of carboxylic acids is 1. The number of hydrogen-bond donors (Lipinski definition) is 3. The predicted octanol–water partition coefficient (Wildman–Crippen LogP) is 6.52. The van der Waals surface area contributed by atoms with Crippen molar-refractivity contribution in [1.82, 2.24) is 0 Å². The van der Waals surface area contributed by atoms with Crippen molar-refractivity contribution >= 4 is 13.6 Å². The van der Waals surface area contributed by atoms with E-state index in [9.17, 15) is 9.36 Å². The third-order valence-electron chi connectivity index (χ3n) is 4.59. The predicted molar refractivity (Wildman–Crippen MR) is 110 cm³/mol. The third kappa shape index (κ3) is 25.9. The molecule has 0 bridgehead atoms. The van der Waals surface area contributed by atoms with Crippen LogP contribution in [0.2, 0.25) is 0 Å². The fourth-order valence-corrected chi connectivity index (χ4v) is 3.70. The molecule has 0 unspecified atom stereocenters. The van der Waals surface area contributed by atoms with E-state index in [1.165, 1.54) is 70.6 Å². The van der Waals surface area contributed by atoms with Gasteiger partial charge in [-0.25, -0.2) is 0 Å². The summed E-state index contributed by atoms with van der Waals surface area (Å²) in [4.78, 5) is 27.9. The number of rotatable bonds is 19. The Bertz CT molecular complexity index is 354. The van der Waals surface area contributed by atoms with Crippen LogP contribution in [0.1, 0.15) is 117 Å². The molecule has 0 saturated heterocycles. The Morgan fingerprint density at radius 1 is 0.577 bits per heavy atom. The van der Waals surface area contributed by atoms with Crippen LogP contribution in [0.25, 0.3) is 0 Å². The van der Waals surface area contributed by atoms with Gasteiger partial charge >= 0.3 is 13.6 Å². The second kappa shape index (κ2) is 19.4. The topological polar surface area (TPSA) is 94.8 Å². The lowest BCUT2D eigenvalue weighted by atomic mass is 10.0. The summed E-state index contributed by atoms with van der Waals surface area (Å²) in [5.74, 6) is -0.681. The average molecular weight is 395 g/mol. The molecule has 0 spiro atoms. The van der Waals surface area contributed by atoms with E-state index in [1.807, 2.05) is 0 Å². The van der Waals surface area contributed by atoms with Crippen LogP contribution >= 0.6 is 7.60 Å². The summed E-state index contributed by atoms with van der Waals surface area (Å²) in [5, 5.41) is 8.54. The largest absolute Gasteiger partial charge is 0.481 e. The minimum absolute atomic E-state index is 0. The maximum atomic E-state index is 10.7. The molecular weight excluding hydrogens is 351 g/mol. The molecule has 0 aliphatic carbocycles. The van der Waals surface area contributed by atoms with E-state index < -0.39 is 13.6 Å². The van der Waals surface area contributed by atoms with Gasteiger partial charge in [-0.1, -0.05) is 97.3 Å². The van der Waals surface area contributed by atoms with E-state index in [0.29, 0.717) is 12.8 Å². The Labute approximate surface area is 161 Å². The van der Waals surface area contributed by atoms with Crippen LogP contribution < -0.4 is 0 Å². The molecule has 0 aromatic rings. The van der Waals surface area contributed by atoms with E-state index in [4.69, 9.17) is 14.9 Å². The van der Waals surface area contributed by atoms with Crippen molar-refractivity contribution in [2.24, 2.45) is 0 Å². The summed E-state index contributed by atoms with van der Waals surface area (Å²) in [6.45, 7) is 0. The lowest BCUT2D eigenvalue weighted by Crippen LogP contribution is -1.93. The molecule has 0 saturated carbocycles. The molecule has 6 heteroatoms. The van der Waals surface area contributed by atoms with Gasteiger partial charge in [-0.3, -0.25) is 9.36 Å². The molecule has 3 N–H and O–H groups in total. The third-order valence-corrected chi connectivity index (χ3v) is 5.49. The highest BCUT2D eigenvalue weighted by molar-refractivity contribution is 7.51. The lowest BCUT2D eigenvalue weighted by molar-refractivity contribution is -0.137. The summed E-state index contributed by atoms with van der Waals surface area (Å²) in [5.41, 5.74) is 0. The summed E-state index contributed by atoms with van der Waals surface area (Å²) in [7, 11) is -3.78. The Kier molecular flexibility index (Phi) is 20.8. The molecule has 0 rings (SSSR count). The summed E-state index contributed by atoms with van der Waals surface area (Å²) in [6.07, 6.45) is 18.8. The fourth-order valence-electron chi connectivity index (χ4n) is 3.07. The van der Waals surface area contributed by atoms with Crippen molar-refractivity contribution in [2.75, 3.05) is 6.16 Å². The van der Waals surface area contributed by atoms with E-state index >= 15 is 0 Å². The van der Waals surface area contributed by atoms with Crippen molar-refractivity contribution in [1.29, 1.82) is 0 Å². The molecule has 0 aromatic heterocycles. The molecule has 0 atom stereocenters. The maximum absolute atomic E-state index is 10.7. The van der Waals surface area contributed by atoms with Crippen LogP contribution in [0.5, 0.6) is 0 Å². The molecular formula is C20H43O5P. The number of carbonyl (C=O) groups is 1. The number of hydrogen-bond acceptors (Lipinski definition) is 2. The standard InChI is InChI=1S/C19H39O5P.CH4/c20-19(21)17-15-13-11-9-7-5-3-1-2-4-6-8-10-12-14-16-18-25(22,23)24;/h1-18H2,(H,20,21)(H2,22,23,24);1H4. The minimum Gasteiger partial charge on any atom is -0.481 e. The highest BCUT2D eigenvalue weighted by Gasteiger charge is 2.10. The van der Waals surface area contributed by atoms with Crippen LogP contribution in [0, 0.1) is 0 Å².